The molecule has 0 saturated carbocycles. The molecular weight excluding hydrogens is 226 g/mol. The number of nitrogens with zero attached hydrogens (tertiary/aromatic N) is 2. The maximum absolute atomic E-state index is 11.3. The number of aryl methyl sites for hydroxylation is 1. The van der Waals surface area contributed by atoms with E-state index in [0.29, 0.717) is 6.54 Å². The van der Waals surface area contributed by atoms with E-state index in [2.05, 4.69) is 9.71 Å². The minimum Gasteiger partial charge on any atom is -0.261 e. The Morgan fingerprint density at radius 2 is 2.12 bits per heavy atom. The van der Waals surface area contributed by atoms with Crippen LogP contribution in [0.2, 0.25) is 0 Å². The highest BCUT2D eigenvalue weighted by atomic mass is 32.2. The Hall–Kier alpha value is -0.980. The van der Waals surface area contributed by atoms with Crippen LogP contribution in [0.3, 0.4) is 0 Å². The standard InChI is InChI=1S/C10H17N3O2S/c1-13(2)16(14,15)12-9-5-7-10-6-3-4-8-11-10/h3-4,6,8,12H,5,7,9H2,1-2H3. The van der Waals surface area contributed by atoms with Gasteiger partial charge in [-0.05, 0) is 25.0 Å². The van der Waals surface area contributed by atoms with Crippen LogP contribution >= 0.6 is 0 Å². The Kier molecular flexibility index (Phi) is 4.85. The van der Waals surface area contributed by atoms with Crippen LogP contribution in [0.15, 0.2) is 24.4 Å². The van der Waals surface area contributed by atoms with Gasteiger partial charge >= 0.3 is 0 Å². The molecule has 0 spiro atoms. The molecule has 0 amide bonds. The van der Waals surface area contributed by atoms with Gasteiger partial charge in [-0.25, -0.2) is 4.72 Å². The van der Waals surface area contributed by atoms with Gasteiger partial charge in [-0.1, -0.05) is 6.07 Å². The van der Waals surface area contributed by atoms with E-state index < -0.39 is 10.2 Å². The summed E-state index contributed by atoms with van der Waals surface area (Å²) in [6.45, 7) is 0.428. The second-order valence-electron chi connectivity index (χ2n) is 3.61. The predicted octanol–water partition coefficient (Wildman–Crippen LogP) is 0.410. The van der Waals surface area contributed by atoms with Gasteiger partial charge in [0.15, 0.2) is 0 Å². The minimum atomic E-state index is -3.29. The highest BCUT2D eigenvalue weighted by molar-refractivity contribution is 7.87. The molecule has 0 aromatic carbocycles. The van der Waals surface area contributed by atoms with Crippen molar-refractivity contribution >= 4 is 10.2 Å². The topological polar surface area (TPSA) is 62.3 Å². The summed E-state index contributed by atoms with van der Waals surface area (Å²) in [5.41, 5.74) is 0.978. The Balaban J connectivity index is 2.28. The van der Waals surface area contributed by atoms with Gasteiger partial charge in [0.1, 0.15) is 0 Å². The molecule has 0 radical (unpaired) electrons. The van der Waals surface area contributed by atoms with E-state index in [1.165, 1.54) is 14.1 Å². The van der Waals surface area contributed by atoms with Gasteiger partial charge < -0.3 is 0 Å². The first-order chi connectivity index (χ1) is 7.52. The molecule has 1 aromatic rings. The molecule has 0 atom stereocenters. The second-order valence-corrected chi connectivity index (χ2v) is 5.58. The van der Waals surface area contributed by atoms with Crippen LogP contribution in [0.4, 0.5) is 0 Å². The van der Waals surface area contributed by atoms with Crippen molar-refractivity contribution in [1.82, 2.24) is 14.0 Å². The van der Waals surface area contributed by atoms with Crippen molar-refractivity contribution in [3.05, 3.63) is 30.1 Å². The van der Waals surface area contributed by atoms with Crippen LogP contribution in [0, 0.1) is 0 Å². The summed E-state index contributed by atoms with van der Waals surface area (Å²) in [6.07, 6.45) is 3.25. The van der Waals surface area contributed by atoms with Gasteiger partial charge in [-0.3, -0.25) is 4.98 Å². The average molecular weight is 243 g/mol. The smallest absolute Gasteiger partial charge is 0.261 e. The maximum Gasteiger partial charge on any atom is 0.278 e. The SMILES string of the molecule is CN(C)S(=O)(=O)NCCCc1ccccn1. The summed E-state index contributed by atoms with van der Waals surface area (Å²) in [5.74, 6) is 0. The summed E-state index contributed by atoms with van der Waals surface area (Å²) in [6, 6.07) is 5.71. The predicted molar refractivity (Wildman–Crippen MR) is 63.2 cm³/mol. The summed E-state index contributed by atoms with van der Waals surface area (Å²) in [4.78, 5) is 4.16. The van der Waals surface area contributed by atoms with Crippen LogP contribution in [0.25, 0.3) is 0 Å². The third-order valence-corrected chi connectivity index (χ3v) is 3.63. The molecule has 5 nitrogen and oxygen atoms in total. The van der Waals surface area contributed by atoms with Crippen LogP contribution in [0.1, 0.15) is 12.1 Å². The molecule has 0 saturated heterocycles. The first-order valence-corrected chi connectivity index (χ1v) is 6.53. The summed E-state index contributed by atoms with van der Waals surface area (Å²) < 4.78 is 26.3. The lowest BCUT2D eigenvalue weighted by molar-refractivity contribution is 0.504. The number of hydrogen-bond acceptors (Lipinski definition) is 3. The number of aromatic nitrogens is 1. The molecule has 16 heavy (non-hydrogen) atoms. The van der Waals surface area contributed by atoms with E-state index in [4.69, 9.17) is 0 Å². The normalized spacial score (nSPS) is 11.9. The lowest BCUT2D eigenvalue weighted by Gasteiger charge is -2.11. The van der Waals surface area contributed by atoms with Crippen LogP contribution in [-0.4, -0.2) is 38.3 Å². The van der Waals surface area contributed by atoms with Crippen molar-refractivity contribution in [1.29, 1.82) is 0 Å². The van der Waals surface area contributed by atoms with E-state index in [9.17, 15) is 8.42 Å². The second kappa shape index (κ2) is 5.93. The molecule has 0 unspecified atom stereocenters. The van der Waals surface area contributed by atoms with Gasteiger partial charge in [0, 0.05) is 32.5 Å². The number of rotatable bonds is 6. The Labute approximate surface area is 96.7 Å². The third-order valence-electron chi connectivity index (χ3n) is 2.10. The highest BCUT2D eigenvalue weighted by Crippen LogP contribution is 1.98. The first-order valence-electron chi connectivity index (χ1n) is 5.09. The number of nitrogens with one attached hydrogen (secondary N) is 1. The van der Waals surface area contributed by atoms with Crippen molar-refractivity contribution in [2.45, 2.75) is 12.8 Å². The molecule has 1 rings (SSSR count). The fourth-order valence-electron chi connectivity index (χ4n) is 1.15. The molecule has 0 aliphatic heterocycles. The first kappa shape index (κ1) is 13.1. The molecule has 0 aliphatic carbocycles. The van der Waals surface area contributed by atoms with E-state index in [1.807, 2.05) is 18.2 Å². The largest absolute Gasteiger partial charge is 0.278 e. The Morgan fingerprint density at radius 3 is 2.69 bits per heavy atom. The zero-order valence-electron chi connectivity index (χ0n) is 9.55. The highest BCUT2D eigenvalue weighted by Gasteiger charge is 2.11. The van der Waals surface area contributed by atoms with Crippen molar-refractivity contribution in [2.24, 2.45) is 0 Å². The lowest BCUT2D eigenvalue weighted by Crippen LogP contribution is -2.36. The molecule has 6 heteroatoms. The summed E-state index contributed by atoms with van der Waals surface area (Å²) in [7, 11) is -0.288. The quantitative estimate of drug-likeness (QED) is 0.736. The van der Waals surface area contributed by atoms with Gasteiger partial charge in [0.25, 0.3) is 10.2 Å². The molecule has 0 aliphatic rings. The van der Waals surface area contributed by atoms with Crippen molar-refractivity contribution in [2.75, 3.05) is 20.6 Å². The van der Waals surface area contributed by atoms with Crippen LogP contribution < -0.4 is 4.72 Å². The number of pyridine rings is 1. The minimum absolute atomic E-state index is 0.428. The third kappa shape index (κ3) is 4.26. The van der Waals surface area contributed by atoms with Gasteiger partial charge in [-0.2, -0.15) is 12.7 Å². The number of hydrogen-bond donors (Lipinski definition) is 1. The Morgan fingerprint density at radius 1 is 1.38 bits per heavy atom. The molecule has 90 valence electrons. The van der Waals surface area contributed by atoms with Crippen molar-refractivity contribution in [3.8, 4) is 0 Å². The van der Waals surface area contributed by atoms with Gasteiger partial charge in [0.05, 0.1) is 0 Å². The van der Waals surface area contributed by atoms with E-state index >= 15 is 0 Å². The molecule has 1 heterocycles. The van der Waals surface area contributed by atoms with Crippen LogP contribution in [0.5, 0.6) is 0 Å². The van der Waals surface area contributed by atoms with Gasteiger partial charge in [-0.15, -0.1) is 0 Å². The Bertz CT molecular complexity index is 403. The zero-order valence-corrected chi connectivity index (χ0v) is 10.4. The monoisotopic (exact) mass is 243 g/mol. The zero-order chi connectivity index (χ0) is 12.0. The summed E-state index contributed by atoms with van der Waals surface area (Å²) >= 11 is 0. The average Bonchev–Trinajstić information content (AvgIpc) is 2.26. The molecule has 1 N–H and O–H groups in total. The van der Waals surface area contributed by atoms with E-state index in [-0.39, 0.29) is 0 Å². The maximum atomic E-state index is 11.3. The fraction of sp³-hybridized carbons (Fsp3) is 0.500. The van der Waals surface area contributed by atoms with Crippen molar-refractivity contribution in [3.63, 3.8) is 0 Å². The molecular formula is C10H17N3O2S. The summed E-state index contributed by atoms with van der Waals surface area (Å²) in [5, 5.41) is 0. The van der Waals surface area contributed by atoms with Crippen molar-refractivity contribution < 1.29 is 8.42 Å². The fourth-order valence-corrected chi connectivity index (χ4v) is 1.81. The molecule has 1 aromatic heterocycles. The van der Waals surface area contributed by atoms with Gasteiger partial charge in [0.2, 0.25) is 0 Å². The van der Waals surface area contributed by atoms with E-state index in [1.54, 1.807) is 6.20 Å². The van der Waals surface area contributed by atoms with Crippen LogP contribution in [-0.2, 0) is 16.6 Å². The van der Waals surface area contributed by atoms with E-state index in [0.717, 1.165) is 22.8 Å². The molecule has 0 bridgehead atoms. The molecule has 0 fully saturated rings. The lowest BCUT2D eigenvalue weighted by atomic mass is 10.2.